The van der Waals surface area contributed by atoms with Gasteiger partial charge in [-0.1, -0.05) is 0 Å². The van der Waals surface area contributed by atoms with Gasteiger partial charge in [0, 0.05) is 18.6 Å². The van der Waals surface area contributed by atoms with Gasteiger partial charge in [0.05, 0.1) is 12.9 Å². The molecule has 0 bridgehead atoms. The Morgan fingerprint density at radius 3 is 2.94 bits per heavy atom. The van der Waals surface area contributed by atoms with E-state index in [4.69, 9.17) is 9.15 Å². The topological polar surface area (TPSA) is 34.4 Å². The van der Waals surface area contributed by atoms with Crippen molar-refractivity contribution in [3.63, 3.8) is 0 Å². The lowest BCUT2D eigenvalue weighted by atomic mass is 10.3. The lowest BCUT2D eigenvalue weighted by molar-refractivity contribution is 0.199. The third-order valence-corrected chi connectivity index (χ3v) is 3.53. The van der Waals surface area contributed by atoms with E-state index in [1.165, 1.54) is 17.7 Å². The molecular formula is C12H21NO2S. The van der Waals surface area contributed by atoms with Crippen LogP contribution in [0.1, 0.15) is 18.6 Å². The highest BCUT2D eigenvalue weighted by atomic mass is 32.2. The predicted octanol–water partition coefficient (Wildman–Crippen LogP) is 2.70. The first-order valence-corrected chi connectivity index (χ1v) is 6.69. The second kappa shape index (κ2) is 8.67. The molecule has 0 aliphatic carbocycles. The second-order valence-electron chi connectivity index (χ2n) is 3.64. The molecule has 0 radical (unpaired) electrons. The van der Waals surface area contributed by atoms with E-state index >= 15 is 0 Å². The zero-order chi connectivity index (χ0) is 11.6. The molecule has 0 saturated heterocycles. The molecule has 0 atom stereocenters. The van der Waals surface area contributed by atoms with Crippen LogP contribution in [0.3, 0.4) is 0 Å². The standard InChI is InChI=1S/C12H21NO2S/c1-11-12(5-8-15-11)16-10-4-3-6-13-7-9-14-2/h5,8,13H,3-4,6-7,9-10H2,1-2H3. The lowest BCUT2D eigenvalue weighted by Gasteiger charge is -2.03. The number of hydrogen-bond donors (Lipinski definition) is 1. The van der Waals surface area contributed by atoms with Crippen LogP contribution in [0.2, 0.25) is 0 Å². The monoisotopic (exact) mass is 243 g/mol. The van der Waals surface area contributed by atoms with E-state index in [1.807, 2.05) is 24.8 Å². The SMILES string of the molecule is COCCNCCCCSc1ccoc1C. The van der Waals surface area contributed by atoms with E-state index in [0.717, 1.165) is 31.2 Å². The third kappa shape index (κ3) is 5.58. The Morgan fingerprint density at radius 2 is 2.25 bits per heavy atom. The molecule has 0 amide bonds. The van der Waals surface area contributed by atoms with Crippen molar-refractivity contribution in [1.29, 1.82) is 0 Å². The van der Waals surface area contributed by atoms with Gasteiger partial charge in [-0.15, -0.1) is 11.8 Å². The van der Waals surface area contributed by atoms with Crippen molar-refractivity contribution in [2.75, 3.05) is 32.6 Å². The number of ether oxygens (including phenoxy) is 1. The lowest BCUT2D eigenvalue weighted by Crippen LogP contribution is -2.20. The first-order chi connectivity index (χ1) is 7.84. The molecular weight excluding hydrogens is 222 g/mol. The average Bonchev–Trinajstić information content (AvgIpc) is 2.68. The van der Waals surface area contributed by atoms with Gasteiger partial charge in [0.15, 0.2) is 0 Å². The number of thioether (sulfide) groups is 1. The van der Waals surface area contributed by atoms with Crippen LogP contribution in [0.4, 0.5) is 0 Å². The molecule has 3 nitrogen and oxygen atoms in total. The van der Waals surface area contributed by atoms with Crippen LogP contribution >= 0.6 is 11.8 Å². The minimum absolute atomic E-state index is 0.795. The number of hydrogen-bond acceptors (Lipinski definition) is 4. The molecule has 92 valence electrons. The molecule has 4 heteroatoms. The summed E-state index contributed by atoms with van der Waals surface area (Å²) < 4.78 is 10.2. The van der Waals surface area contributed by atoms with Crippen molar-refractivity contribution in [2.24, 2.45) is 0 Å². The van der Waals surface area contributed by atoms with E-state index in [-0.39, 0.29) is 0 Å². The molecule has 1 N–H and O–H groups in total. The summed E-state index contributed by atoms with van der Waals surface area (Å²) in [5.41, 5.74) is 0. The van der Waals surface area contributed by atoms with Crippen LogP contribution in [0, 0.1) is 6.92 Å². The number of nitrogens with one attached hydrogen (secondary N) is 1. The second-order valence-corrected chi connectivity index (χ2v) is 4.78. The van der Waals surface area contributed by atoms with Crippen molar-refractivity contribution in [1.82, 2.24) is 5.32 Å². The fraction of sp³-hybridized carbons (Fsp3) is 0.667. The van der Waals surface area contributed by atoms with E-state index < -0.39 is 0 Å². The molecule has 0 unspecified atom stereocenters. The van der Waals surface area contributed by atoms with Crippen LogP contribution in [0.25, 0.3) is 0 Å². The summed E-state index contributed by atoms with van der Waals surface area (Å²) in [4.78, 5) is 1.27. The van der Waals surface area contributed by atoms with Gasteiger partial charge in [0.25, 0.3) is 0 Å². The summed E-state index contributed by atoms with van der Waals surface area (Å²) >= 11 is 1.88. The Bertz CT molecular complexity index is 276. The van der Waals surface area contributed by atoms with Crippen molar-refractivity contribution in [3.05, 3.63) is 18.1 Å². The van der Waals surface area contributed by atoms with Gasteiger partial charge in [-0.3, -0.25) is 0 Å². The fourth-order valence-electron chi connectivity index (χ4n) is 1.36. The maximum absolute atomic E-state index is 5.24. The van der Waals surface area contributed by atoms with Gasteiger partial charge in [-0.25, -0.2) is 0 Å². The summed E-state index contributed by atoms with van der Waals surface area (Å²) in [6, 6.07) is 2.04. The third-order valence-electron chi connectivity index (χ3n) is 2.30. The smallest absolute Gasteiger partial charge is 0.114 e. The number of aryl methyl sites for hydroxylation is 1. The molecule has 0 spiro atoms. The highest BCUT2D eigenvalue weighted by molar-refractivity contribution is 7.99. The van der Waals surface area contributed by atoms with Gasteiger partial charge in [-0.05, 0) is 38.1 Å². The Balaban J connectivity index is 1.91. The predicted molar refractivity (Wildman–Crippen MR) is 68.1 cm³/mol. The van der Waals surface area contributed by atoms with Crippen molar-refractivity contribution in [3.8, 4) is 0 Å². The van der Waals surface area contributed by atoms with Gasteiger partial charge in [-0.2, -0.15) is 0 Å². The Labute approximate surface area is 102 Å². The van der Waals surface area contributed by atoms with Crippen molar-refractivity contribution in [2.45, 2.75) is 24.7 Å². The summed E-state index contributed by atoms with van der Waals surface area (Å²) in [6.45, 7) is 4.83. The number of methoxy groups -OCH3 is 1. The van der Waals surface area contributed by atoms with Crippen LogP contribution in [0.15, 0.2) is 21.6 Å². The molecule has 1 aromatic rings. The van der Waals surface area contributed by atoms with Gasteiger partial charge in [0.2, 0.25) is 0 Å². The molecule has 0 fully saturated rings. The highest BCUT2D eigenvalue weighted by Crippen LogP contribution is 2.23. The largest absolute Gasteiger partial charge is 0.468 e. The quantitative estimate of drug-likeness (QED) is 0.534. The van der Waals surface area contributed by atoms with Crippen LogP contribution in [-0.2, 0) is 4.74 Å². The maximum atomic E-state index is 5.24. The fourth-order valence-corrected chi connectivity index (χ4v) is 2.33. The summed E-state index contributed by atoms with van der Waals surface area (Å²) in [6.07, 6.45) is 4.20. The van der Waals surface area contributed by atoms with Gasteiger partial charge >= 0.3 is 0 Å². The summed E-state index contributed by atoms with van der Waals surface area (Å²) in [5.74, 6) is 2.19. The molecule has 0 aliphatic heterocycles. The van der Waals surface area contributed by atoms with E-state index in [2.05, 4.69) is 5.32 Å². The zero-order valence-corrected chi connectivity index (χ0v) is 10.9. The summed E-state index contributed by atoms with van der Waals surface area (Å²) in [5, 5.41) is 3.34. The van der Waals surface area contributed by atoms with E-state index in [0.29, 0.717) is 0 Å². The molecule has 0 aliphatic rings. The van der Waals surface area contributed by atoms with E-state index in [1.54, 1.807) is 13.4 Å². The summed E-state index contributed by atoms with van der Waals surface area (Å²) in [7, 11) is 1.73. The first-order valence-electron chi connectivity index (χ1n) is 5.71. The van der Waals surface area contributed by atoms with Crippen LogP contribution in [-0.4, -0.2) is 32.6 Å². The average molecular weight is 243 g/mol. The van der Waals surface area contributed by atoms with Crippen molar-refractivity contribution >= 4 is 11.8 Å². The number of unbranched alkanes of at least 4 members (excludes halogenated alkanes) is 1. The number of furan rings is 1. The molecule has 0 aromatic carbocycles. The highest BCUT2D eigenvalue weighted by Gasteiger charge is 2.00. The minimum atomic E-state index is 0.795. The zero-order valence-electron chi connectivity index (χ0n) is 10.1. The maximum Gasteiger partial charge on any atom is 0.114 e. The Kier molecular flexibility index (Phi) is 7.38. The Morgan fingerprint density at radius 1 is 1.38 bits per heavy atom. The van der Waals surface area contributed by atoms with Crippen LogP contribution < -0.4 is 5.32 Å². The molecule has 1 rings (SSSR count). The Hall–Kier alpha value is -0.450. The molecule has 16 heavy (non-hydrogen) atoms. The van der Waals surface area contributed by atoms with Gasteiger partial charge < -0.3 is 14.5 Å². The number of rotatable bonds is 9. The first kappa shape index (κ1) is 13.6. The van der Waals surface area contributed by atoms with Gasteiger partial charge in [0.1, 0.15) is 5.76 Å². The van der Waals surface area contributed by atoms with E-state index in [9.17, 15) is 0 Å². The normalized spacial score (nSPS) is 10.9. The van der Waals surface area contributed by atoms with Crippen LogP contribution in [0.5, 0.6) is 0 Å². The molecule has 1 heterocycles. The minimum Gasteiger partial charge on any atom is -0.468 e. The molecule has 0 saturated carbocycles. The molecule has 1 aromatic heterocycles. The van der Waals surface area contributed by atoms with Crippen molar-refractivity contribution < 1.29 is 9.15 Å².